The molecule has 2 amide bonds. The van der Waals surface area contributed by atoms with Crippen molar-refractivity contribution in [2.45, 2.75) is 20.2 Å². The molecule has 1 aromatic carbocycles. The summed E-state index contributed by atoms with van der Waals surface area (Å²) in [6.45, 7) is 2.30. The minimum Gasteiger partial charge on any atom is -0.470 e. The monoisotopic (exact) mass is 482 g/mol. The third-order valence-electron chi connectivity index (χ3n) is 4.93. The number of aromatic nitrogens is 6. The Bertz CT molecular complexity index is 1340. The van der Waals surface area contributed by atoms with Gasteiger partial charge in [0, 0.05) is 38.6 Å². The van der Waals surface area contributed by atoms with Gasteiger partial charge in [-0.25, -0.2) is 4.68 Å². The zero-order chi connectivity index (χ0) is 24.2. The van der Waals surface area contributed by atoms with E-state index in [1.165, 1.54) is 15.6 Å². The van der Waals surface area contributed by atoms with Crippen LogP contribution in [-0.2, 0) is 27.4 Å². The normalized spacial score (nSPS) is 10.8. The van der Waals surface area contributed by atoms with E-state index in [-0.39, 0.29) is 29.7 Å². The highest BCUT2D eigenvalue weighted by Gasteiger charge is 2.20. The molecule has 4 aromatic rings. The van der Waals surface area contributed by atoms with E-state index in [0.29, 0.717) is 17.3 Å². The highest BCUT2D eigenvalue weighted by atomic mass is 35.5. The van der Waals surface area contributed by atoms with Crippen LogP contribution in [-0.4, -0.2) is 41.2 Å². The number of aryl methyl sites for hydroxylation is 3. The first-order valence-electron chi connectivity index (χ1n) is 10.3. The molecule has 11 nitrogen and oxygen atoms in total. The predicted octanol–water partition coefficient (Wildman–Crippen LogP) is 2.53. The van der Waals surface area contributed by atoms with Crippen molar-refractivity contribution in [3.8, 4) is 5.75 Å². The first-order valence-corrected chi connectivity index (χ1v) is 10.7. The fourth-order valence-corrected chi connectivity index (χ4v) is 3.40. The van der Waals surface area contributed by atoms with Gasteiger partial charge >= 0.3 is 0 Å². The molecule has 0 aliphatic heterocycles. The lowest BCUT2D eigenvalue weighted by Crippen LogP contribution is -2.26. The van der Waals surface area contributed by atoms with Crippen LogP contribution < -0.4 is 15.4 Å². The maximum Gasteiger partial charge on any atom is 0.276 e. The molecule has 0 aliphatic carbocycles. The number of hydrogen-bond donors (Lipinski definition) is 2. The Labute approximate surface area is 200 Å². The maximum atomic E-state index is 12.7. The van der Waals surface area contributed by atoms with Gasteiger partial charge in [-0.2, -0.15) is 15.3 Å². The molecule has 0 spiro atoms. The zero-order valence-corrected chi connectivity index (χ0v) is 19.6. The third-order valence-corrected chi connectivity index (χ3v) is 5.24. The van der Waals surface area contributed by atoms with Crippen molar-refractivity contribution in [3.05, 3.63) is 76.6 Å². The Kier molecular flexibility index (Phi) is 6.64. The van der Waals surface area contributed by atoms with Crippen LogP contribution in [0.5, 0.6) is 5.75 Å². The van der Waals surface area contributed by atoms with Gasteiger partial charge in [0.2, 0.25) is 0 Å². The van der Waals surface area contributed by atoms with E-state index >= 15 is 0 Å². The molecule has 34 heavy (non-hydrogen) atoms. The summed E-state index contributed by atoms with van der Waals surface area (Å²) in [5.41, 5.74) is 2.51. The van der Waals surface area contributed by atoms with Crippen molar-refractivity contribution >= 4 is 29.1 Å². The number of benzene rings is 1. The number of ether oxygens (including phenoxy) is 1. The number of amides is 2. The summed E-state index contributed by atoms with van der Waals surface area (Å²) >= 11 is 6.15. The van der Waals surface area contributed by atoms with Crippen molar-refractivity contribution < 1.29 is 14.3 Å². The molecule has 0 unspecified atom stereocenters. The molecule has 4 rings (SSSR count). The van der Waals surface area contributed by atoms with Crippen LogP contribution >= 0.6 is 11.6 Å². The Hall–Kier alpha value is -4.12. The van der Waals surface area contributed by atoms with Crippen molar-refractivity contribution in [2.24, 2.45) is 14.1 Å². The van der Waals surface area contributed by atoms with Gasteiger partial charge in [-0.15, -0.1) is 0 Å². The van der Waals surface area contributed by atoms with Crippen LogP contribution in [0.2, 0.25) is 5.02 Å². The van der Waals surface area contributed by atoms with E-state index in [4.69, 9.17) is 16.3 Å². The molecule has 3 heterocycles. The van der Waals surface area contributed by atoms with Gasteiger partial charge in [0.1, 0.15) is 11.4 Å². The molecule has 0 radical (unpaired) electrons. The van der Waals surface area contributed by atoms with E-state index in [9.17, 15) is 9.59 Å². The number of nitrogens with one attached hydrogen (secondary N) is 2. The molecule has 0 bridgehead atoms. The summed E-state index contributed by atoms with van der Waals surface area (Å²) in [5, 5.41) is 18.4. The lowest BCUT2D eigenvalue weighted by molar-refractivity contribution is 0.0942. The van der Waals surface area contributed by atoms with Gasteiger partial charge in [-0.05, 0) is 30.7 Å². The minimum atomic E-state index is -0.485. The van der Waals surface area contributed by atoms with Crippen LogP contribution in [0.15, 0.2) is 49.1 Å². The van der Waals surface area contributed by atoms with E-state index in [1.807, 2.05) is 19.1 Å². The Balaban J connectivity index is 1.39. The second-order valence-electron chi connectivity index (χ2n) is 7.64. The van der Waals surface area contributed by atoms with Gasteiger partial charge in [-0.3, -0.25) is 19.0 Å². The molecule has 0 fully saturated rings. The summed E-state index contributed by atoms with van der Waals surface area (Å²) in [7, 11) is 3.42. The topological polar surface area (TPSA) is 121 Å². The molecule has 2 N–H and O–H groups in total. The molecular weight excluding hydrogens is 460 g/mol. The number of carbonyl (C=O) groups is 2. The van der Waals surface area contributed by atoms with E-state index in [1.54, 1.807) is 49.5 Å². The summed E-state index contributed by atoms with van der Waals surface area (Å²) in [4.78, 5) is 25.5. The van der Waals surface area contributed by atoms with Crippen molar-refractivity contribution in [2.75, 3.05) is 5.32 Å². The minimum absolute atomic E-state index is 0.0747. The van der Waals surface area contributed by atoms with Crippen LogP contribution in [0, 0.1) is 6.92 Å². The molecule has 176 valence electrons. The van der Waals surface area contributed by atoms with Crippen molar-refractivity contribution in [3.63, 3.8) is 0 Å². The van der Waals surface area contributed by atoms with Crippen LogP contribution in [0.3, 0.4) is 0 Å². The number of anilines is 1. The molecular formula is C22H23ClN8O3. The number of rotatable bonds is 8. The lowest BCUT2D eigenvalue weighted by atomic mass is 10.2. The van der Waals surface area contributed by atoms with E-state index in [2.05, 4.69) is 25.9 Å². The molecule has 3 aromatic heterocycles. The van der Waals surface area contributed by atoms with Gasteiger partial charge < -0.3 is 15.4 Å². The number of carbonyl (C=O) groups excluding carboxylic acids is 2. The van der Waals surface area contributed by atoms with Crippen LogP contribution in [0.25, 0.3) is 0 Å². The highest BCUT2D eigenvalue weighted by Crippen LogP contribution is 2.25. The average Bonchev–Trinajstić information content (AvgIpc) is 3.53. The van der Waals surface area contributed by atoms with Gasteiger partial charge in [0.05, 0.1) is 23.1 Å². The summed E-state index contributed by atoms with van der Waals surface area (Å²) in [6.07, 6.45) is 6.50. The van der Waals surface area contributed by atoms with Crippen LogP contribution in [0.4, 0.5) is 5.69 Å². The molecule has 0 saturated carbocycles. The smallest absolute Gasteiger partial charge is 0.276 e. The molecule has 12 heteroatoms. The predicted molar refractivity (Wildman–Crippen MR) is 125 cm³/mol. The summed E-state index contributed by atoms with van der Waals surface area (Å²) in [5.74, 6) is -0.338. The summed E-state index contributed by atoms with van der Waals surface area (Å²) in [6, 6.07) is 7.02. The Morgan fingerprint density at radius 1 is 1.12 bits per heavy atom. The third kappa shape index (κ3) is 5.26. The fraction of sp³-hybridized carbons (Fsp3) is 0.227. The van der Waals surface area contributed by atoms with Gasteiger partial charge in [0.15, 0.2) is 12.4 Å². The molecule has 0 aliphatic rings. The largest absolute Gasteiger partial charge is 0.470 e. The lowest BCUT2D eigenvalue weighted by Gasteiger charge is -2.09. The Morgan fingerprint density at radius 2 is 1.94 bits per heavy atom. The fourth-order valence-electron chi connectivity index (χ4n) is 3.23. The highest BCUT2D eigenvalue weighted by molar-refractivity contribution is 6.32. The number of hydrogen-bond acceptors (Lipinski definition) is 6. The second kappa shape index (κ2) is 9.79. The first-order chi connectivity index (χ1) is 16.3. The standard InChI is InChI=1S/C22H23ClN8O3/c1-14-4-5-16(23)19(8-14)34-13-31-7-6-17(28-31)21(32)27-18-11-26-30(3)20(18)22(33)24-9-15-10-25-29(2)12-15/h4-8,10-12H,9,13H2,1-3H3,(H,24,33)(H,27,32). The molecule has 0 saturated heterocycles. The quantitative estimate of drug-likeness (QED) is 0.398. The molecule has 0 atom stereocenters. The maximum absolute atomic E-state index is 12.7. The van der Waals surface area contributed by atoms with E-state index in [0.717, 1.165) is 11.1 Å². The summed E-state index contributed by atoms with van der Waals surface area (Å²) < 4.78 is 10.2. The SMILES string of the molecule is Cc1ccc(Cl)c(OCn2ccc(C(=O)Nc3cnn(C)c3C(=O)NCc3cnn(C)c3)n2)c1. The van der Waals surface area contributed by atoms with Gasteiger partial charge in [0.25, 0.3) is 11.8 Å². The van der Waals surface area contributed by atoms with Crippen molar-refractivity contribution in [1.82, 2.24) is 34.7 Å². The van der Waals surface area contributed by atoms with E-state index < -0.39 is 5.91 Å². The average molecular weight is 483 g/mol. The number of nitrogens with zero attached hydrogens (tertiary/aromatic N) is 6. The Morgan fingerprint density at radius 3 is 2.71 bits per heavy atom. The zero-order valence-electron chi connectivity index (χ0n) is 18.8. The van der Waals surface area contributed by atoms with Crippen LogP contribution in [0.1, 0.15) is 32.1 Å². The number of halogens is 1. The first kappa shape index (κ1) is 23.1. The second-order valence-corrected chi connectivity index (χ2v) is 8.04. The van der Waals surface area contributed by atoms with Gasteiger partial charge in [-0.1, -0.05) is 17.7 Å². The van der Waals surface area contributed by atoms with Crippen molar-refractivity contribution in [1.29, 1.82) is 0 Å².